The van der Waals surface area contributed by atoms with E-state index in [4.69, 9.17) is 11.6 Å². The number of fused-ring (bicyclic) bond motifs is 1. The Labute approximate surface area is 198 Å². The second-order valence-corrected chi connectivity index (χ2v) is 8.61. The lowest BCUT2D eigenvalue weighted by Gasteiger charge is -2.34. The third kappa shape index (κ3) is 3.92. The zero-order chi connectivity index (χ0) is 24.7. The summed E-state index contributed by atoms with van der Waals surface area (Å²) >= 11 is 6.53. The van der Waals surface area contributed by atoms with Crippen molar-refractivity contribution in [3.8, 4) is 11.1 Å². The highest BCUT2D eigenvalue weighted by atomic mass is 35.5. The SMILES string of the molecule is CCC(c1ccccc1)[C@@](C)(C(=O)O)c1c(Cl)cnc2c(-c3ccc(C(F)(F)F)cc3)cnn12. The number of hydrogen-bond acceptors (Lipinski definition) is 3. The molecule has 0 aliphatic rings. The normalized spacial score (nSPS) is 14.6. The maximum Gasteiger partial charge on any atom is 0.416 e. The lowest BCUT2D eigenvalue weighted by Crippen LogP contribution is -2.41. The highest BCUT2D eigenvalue weighted by Gasteiger charge is 2.47. The van der Waals surface area contributed by atoms with E-state index in [9.17, 15) is 23.1 Å². The van der Waals surface area contributed by atoms with Gasteiger partial charge in [-0.25, -0.2) is 9.50 Å². The average molecular weight is 488 g/mol. The van der Waals surface area contributed by atoms with E-state index in [-0.39, 0.29) is 10.7 Å². The molecule has 176 valence electrons. The molecule has 5 nitrogen and oxygen atoms in total. The van der Waals surface area contributed by atoms with Crippen LogP contribution in [0.2, 0.25) is 5.02 Å². The first kappa shape index (κ1) is 23.8. The lowest BCUT2D eigenvalue weighted by atomic mass is 9.69. The minimum atomic E-state index is -4.45. The topological polar surface area (TPSA) is 67.5 Å². The summed E-state index contributed by atoms with van der Waals surface area (Å²) in [5.74, 6) is -1.52. The molecule has 0 bridgehead atoms. The van der Waals surface area contributed by atoms with Gasteiger partial charge in [-0.3, -0.25) is 4.79 Å². The Balaban J connectivity index is 1.91. The van der Waals surface area contributed by atoms with E-state index in [0.29, 0.717) is 23.2 Å². The van der Waals surface area contributed by atoms with Crippen LogP contribution in [0, 0.1) is 0 Å². The fourth-order valence-electron chi connectivity index (χ4n) is 4.50. The van der Waals surface area contributed by atoms with E-state index in [1.54, 1.807) is 6.92 Å². The van der Waals surface area contributed by atoms with Crippen LogP contribution in [0.15, 0.2) is 67.0 Å². The molecule has 34 heavy (non-hydrogen) atoms. The van der Waals surface area contributed by atoms with Crippen LogP contribution in [0.3, 0.4) is 0 Å². The number of alkyl halides is 3. The molecule has 0 aliphatic carbocycles. The van der Waals surface area contributed by atoms with Gasteiger partial charge < -0.3 is 5.11 Å². The van der Waals surface area contributed by atoms with E-state index < -0.39 is 29.0 Å². The number of nitrogens with zero attached hydrogens (tertiary/aromatic N) is 3. The summed E-state index contributed by atoms with van der Waals surface area (Å²) in [7, 11) is 0. The minimum absolute atomic E-state index is 0.133. The summed E-state index contributed by atoms with van der Waals surface area (Å²) in [6.07, 6.45) is -1.12. The molecule has 2 atom stereocenters. The molecular formula is C25H21ClF3N3O2. The molecule has 4 rings (SSSR count). The van der Waals surface area contributed by atoms with Crippen LogP contribution in [0.4, 0.5) is 13.2 Å². The van der Waals surface area contributed by atoms with Gasteiger partial charge in [0, 0.05) is 17.7 Å². The molecule has 0 saturated carbocycles. The second kappa shape index (κ2) is 8.76. The molecule has 2 heterocycles. The van der Waals surface area contributed by atoms with Crippen LogP contribution in [0.5, 0.6) is 0 Å². The summed E-state index contributed by atoms with van der Waals surface area (Å²) in [5.41, 5.74) is 0.0818. The first-order valence-electron chi connectivity index (χ1n) is 10.6. The minimum Gasteiger partial charge on any atom is -0.481 e. The Morgan fingerprint density at radius 3 is 2.29 bits per heavy atom. The number of hydrogen-bond donors (Lipinski definition) is 1. The van der Waals surface area contributed by atoms with Crippen molar-refractivity contribution in [2.24, 2.45) is 0 Å². The summed E-state index contributed by atoms with van der Waals surface area (Å²) in [5, 5.41) is 14.9. The van der Waals surface area contributed by atoms with Gasteiger partial charge in [-0.1, -0.05) is 61.0 Å². The number of benzene rings is 2. The zero-order valence-corrected chi connectivity index (χ0v) is 19.1. The van der Waals surface area contributed by atoms with Crippen molar-refractivity contribution in [2.75, 3.05) is 0 Å². The first-order valence-corrected chi connectivity index (χ1v) is 11.0. The maximum absolute atomic E-state index is 13.0. The summed E-state index contributed by atoms with van der Waals surface area (Å²) in [6, 6.07) is 13.9. The fourth-order valence-corrected chi connectivity index (χ4v) is 4.82. The largest absolute Gasteiger partial charge is 0.481 e. The third-order valence-electron chi connectivity index (χ3n) is 6.25. The number of carboxylic acids is 1. The van der Waals surface area contributed by atoms with Gasteiger partial charge in [0.2, 0.25) is 0 Å². The van der Waals surface area contributed by atoms with E-state index in [1.807, 2.05) is 37.3 Å². The Morgan fingerprint density at radius 1 is 1.09 bits per heavy atom. The second-order valence-electron chi connectivity index (χ2n) is 8.20. The van der Waals surface area contributed by atoms with Crippen molar-refractivity contribution in [1.29, 1.82) is 0 Å². The molecular weight excluding hydrogens is 467 g/mol. The lowest BCUT2D eigenvalue weighted by molar-refractivity contribution is -0.144. The molecule has 1 unspecified atom stereocenters. The molecule has 0 radical (unpaired) electrons. The smallest absolute Gasteiger partial charge is 0.416 e. The quantitative estimate of drug-likeness (QED) is 0.332. The third-order valence-corrected chi connectivity index (χ3v) is 6.53. The van der Waals surface area contributed by atoms with E-state index in [0.717, 1.165) is 17.7 Å². The van der Waals surface area contributed by atoms with Gasteiger partial charge in [0.05, 0.1) is 22.5 Å². The summed E-state index contributed by atoms with van der Waals surface area (Å²) in [6.45, 7) is 3.51. The molecule has 0 saturated heterocycles. The van der Waals surface area contributed by atoms with Gasteiger partial charge in [-0.2, -0.15) is 18.3 Å². The monoisotopic (exact) mass is 487 g/mol. The molecule has 2 aromatic carbocycles. The van der Waals surface area contributed by atoms with Gasteiger partial charge in [-0.05, 0) is 36.6 Å². The predicted octanol–water partition coefficient (Wildman–Crippen LogP) is 6.60. The summed E-state index contributed by atoms with van der Waals surface area (Å²) < 4.78 is 40.3. The average Bonchev–Trinajstić information content (AvgIpc) is 3.23. The van der Waals surface area contributed by atoms with Crippen molar-refractivity contribution in [3.05, 3.63) is 88.8 Å². The molecule has 0 spiro atoms. The van der Waals surface area contributed by atoms with Crippen molar-refractivity contribution in [3.63, 3.8) is 0 Å². The highest BCUT2D eigenvalue weighted by Crippen LogP contribution is 2.44. The molecule has 1 N–H and O–H groups in total. The van der Waals surface area contributed by atoms with Gasteiger partial charge >= 0.3 is 12.1 Å². The van der Waals surface area contributed by atoms with Gasteiger partial charge in [0.1, 0.15) is 5.41 Å². The Bertz CT molecular complexity index is 1340. The van der Waals surface area contributed by atoms with Crippen molar-refractivity contribution in [2.45, 2.75) is 37.8 Å². The molecule has 9 heteroatoms. The molecule has 2 aromatic heterocycles. The standard InChI is InChI=1S/C25H21ClF3N3O2/c1-3-19(16-7-5-4-6-8-16)24(2,23(33)34)21-20(26)14-30-22-18(13-31-32(21)22)15-9-11-17(12-10-15)25(27,28)29/h4-14,19H,3H2,1-2H3,(H,33,34)/t19?,24-/m1/s1. The molecule has 0 aliphatic heterocycles. The summed E-state index contributed by atoms with van der Waals surface area (Å²) in [4.78, 5) is 17.1. The van der Waals surface area contributed by atoms with Crippen molar-refractivity contribution >= 4 is 23.2 Å². The molecule has 0 amide bonds. The number of carbonyl (C=O) groups is 1. The van der Waals surface area contributed by atoms with E-state index >= 15 is 0 Å². The van der Waals surface area contributed by atoms with E-state index in [2.05, 4.69) is 10.1 Å². The van der Waals surface area contributed by atoms with Gasteiger partial charge in [0.25, 0.3) is 0 Å². The fraction of sp³-hybridized carbons (Fsp3) is 0.240. The number of halogens is 4. The van der Waals surface area contributed by atoms with Crippen LogP contribution in [-0.2, 0) is 16.4 Å². The van der Waals surface area contributed by atoms with E-state index in [1.165, 1.54) is 29.0 Å². The number of aliphatic carboxylic acids is 1. The number of aromatic nitrogens is 3. The zero-order valence-electron chi connectivity index (χ0n) is 18.3. The predicted molar refractivity (Wildman–Crippen MR) is 123 cm³/mol. The Morgan fingerprint density at radius 2 is 1.74 bits per heavy atom. The van der Waals surface area contributed by atoms with Crippen molar-refractivity contribution < 1.29 is 23.1 Å². The Hall–Kier alpha value is -3.39. The number of rotatable bonds is 6. The van der Waals surface area contributed by atoms with Crippen LogP contribution in [0.25, 0.3) is 16.8 Å². The van der Waals surface area contributed by atoms with Gasteiger partial charge in [0.15, 0.2) is 5.65 Å². The number of carboxylic acid groups (broad SMARTS) is 1. The van der Waals surface area contributed by atoms with Crippen LogP contribution in [-0.4, -0.2) is 25.7 Å². The van der Waals surface area contributed by atoms with Crippen molar-refractivity contribution in [1.82, 2.24) is 14.6 Å². The Kier molecular flexibility index (Phi) is 6.12. The maximum atomic E-state index is 13.0. The van der Waals surface area contributed by atoms with Gasteiger partial charge in [-0.15, -0.1) is 0 Å². The van der Waals surface area contributed by atoms with Crippen LogP contribution >= 0.6 is 11.6 Å². The highest BCUT2D eigenvalue weighted by molar-refractivity contribution is 6.31. The first-order chi connectivity index (χ1) is 16.1. The molecule has 4 aromatic rings. The molecule has 0 fully saturated rings. The van der Waals surface area contributed by atoms with Crippen LogP contribution < -0.4 is 0 Å². The van der Waals surface area contributed by atoms with Crippen LogP contribution in [0.1, 0.15) is 43.0 Å².